The van der Waals surface area contributed by atoms with Crippen molar-refractivity contribution < 1.29 is 9.59 Å². The fourth-order valence-electron chi connectivity index (χ4n) is 2.74. The van der Waals surface area contributed by atoms with Crippen LogP contribution in [0.4, 0.5) is 5.69 Å². The van der Waals surface area contributed by atoms with Gasteiger partial charge >= 0.3 is 0 Å². The number of thiazole rings is 1. The molecule has 1 N–H and O–H groups in total. The molecule has 0 saturated carbocycles. The number of hydrogen-bond acceptors (Lipinski definition) is 5. The van der Waals surface area contributed by atoms with E-state index in [4.69, 9.17) is 11.6 Å². The molecule has 0 bridgehead atoms. The van der Waals surface area contributed by atoms with Crippen molar-refractivity contribution in [2.45, 2.75) is 0 Å². The van der Waals surface area contributed by atoms with E-state index in [1.807, 2.05) is 18.3 Å². The number of nitrogens with zero attached hydrogens (tertiary/aromatic N) is 4. The van der Waals surface area contributed by atoms with Crippen molar-refractivity contribution in [3.8, 4) is 11.3 Å². The Labute approximate surface area is 175 Å². The molecule has 0 saturated heterocycles. The Kier molecular flexibility index (Phi) is 5.04. The van der Waals surface area contributed by atoms with Gasteiger partial charge in [-0.3, -0.25) is 14.0 Å². The van der Waals surface area contributed by atoms with Gasteiger partial charge in [0, 0.05) is 43.1 Å². The highest BCUT2D eigenvalue weighted by Crippen LogP contribution is 2.25. The number of fused-ring (bicyclic) bond motifs is 1. The van der Waals surface area contributed by atoms with Gasteiger partial charge in [0.15, 0.2) is 4.96 Å². The van der Waals surface area contributed by atoms with Gasteiger partial charge < -0.3 is 10.2 Å². The minimum Gasteiger partial charge on any atom is -0.343 e. The van der Waals surface area contributed by atoms with Crippen LogP contribution >= 0.6 is 22.9 Å². The molecule has 0 aliphatic rings. The average molecular weight is 426 g/mol. The smallest absolute Gasteiger partial charge is 0.271 e. The third-order valence-corrected chi connectivity index (χ3v) is 5.33. The quantitative estimate of drug-likeness (QED) is 0.500. The van der Waals surface area contributed by atoms with Crippen LogP contribution in [-0.4, -0.2) is 45.2 Å². The zero-order chi connectivity index (χ0) is 20.5. The second kappa shape index (κ2) is 7.65. The molecular weight excluding hydrogens is 410 g/mol. The van der Waals surface area contributed by atoms with Crippen molar-refractivity contribution in [1.82, 2.24) is 19.3 Å². The second-order valence-corrected chi connectivity index (χ2v) is 7.72. The Hall–Kier alpha value is -3.23. The number of aromatic nitrogens is 3. The van der Waals surface area contributed by atoms with Gasteiger partial charge in [-0.25, -0.2) is 9.97 Å². The van der Waals surface area contributed by atoms with Crippen LogP contribution in [0.25, 0.3) is 16.2 Å². The summed E-state index contributed by atoms with van der Waals surface area (Å²) >= 11 is 7.16. The van der Waals surface area contributed by atoms with Crippen molar-refractivity contribution in [3.63, 3.8) is 0 Å². The fraction of sp³-hybridized carbons (Fsp3) is 0.100. The van der Waals surface area contributed by atoms with Crippen LogP contribution in [-0.2, 0) is 0 Å². The normalized spacial score (nSPS) is 10.9. The molecule has 146 valence electrons. The monoisotopic (exact) mass is 425 g/mol. The zero-order valence-corrected chi connectivity index (χ0v) is 17.2. The molecule has 0 radical (unpaired) electrons. The number of amides is 2. The van der Waals surface area contributed by atoms with Gasteiger partial charge in [0.05, 0.1) is 11.3 Å². The van der Waals surface area contributed by atoms with E-state index in [0.717, 1.165) is 16.2 Å². The lowest BCUT2D eigenvalue weighted by Gasteiger charge is -2.08. The molecule has 1 aromatic carbocycles. The first-order valence-corrected chi connectivity index (χ1v) is 9.90. The first-order chi connectivity index (χ1) is 13.9. The molecule has 9 heteroatoms. The summed E-state index contributed by atoms with van der Waals surface area (Å²) < 4.78 is 1.80. The first-order valence-electron chi connectivity index (χ1n) is 8.64. The van der Waals surface area contributed by atoms with Crippen LogP contribution in [0.5, 0.6) is 0 Å². The molecule has 3 heterocycles. The summed E-state index contributed by atoms with van der Waals surface area (Å²) in [5.41, 5.74) is 3.29. The largest absolute Gasteiger partial charge is 0.343 e. The number of carbonyl (C=O) groups is 2. The van der Waals surface area contributed by atoms with Gasteiger partial charge in [0.2, 0.25) is 0 Å². The van der Waals surface area contributed by atoms with Gasteiger partial charge in [-0.2, -0.15) is 0 Å². The van der Waals surface area contributed by atoms with Crippen LogP contribution in [0.2, 0.25) is 5.15 Å². The molecule has 0 spiro atoms. The molecular formula is C20H16ClN5O2S. The van der Waals surface area contributed by atoms with Crippen molar-refractivity contribution in [1.29, 1.82) is 0 Å². The van der Waals surface area contributed by atoms with Crippen molar-refractivity contribution in [2.24, 2.45) is 0 Å². The van der Waals surface area contributed by atoms with Gasteiger partial charge in [-0.1, -0.05) is 23.7 Å². The van der Waals surface area contributed by atoms with E-state index < -0.39 is 0 Å². The molecule has 7 nitrogen and oxygen atoms in total. The van der Waals surface area contributed by atoms with Gasteiger partial charge in [-0.15, -0.1) is 11.3 Å². The standard InChI is InChI=1S/C20H16ClN5O2S/c1-25(2)19(28)16-11-29-20-24-15(10-26(16)20)12-3-6-14(7-4-12)23-18(27)13-5-8-17(21)22-9-13/h3-11H,1-2H3,(H,23,27). The third kappa shape index (κ3) is 3.85. The van der Waals surface area contributed by atoms with E-state index >= 15 is 0 Å². The molecule has 0 fully saturated rings. The van der Waals surface area contributed by atoms with Gasteiger partial charge in [0.25, 0.3) is 11.8 Å². The number of rotatable bonds is 4. The van der Waals surface area contributed by atoms with Crippen molar-refractivity contribution >= 4 is 45.4 Å². The number of benzene rings is 1. The van der Waals surface area contributed by atoms with E-state index in [2.05, 4.69) is 15.3 Å². The highest BCUT2D eigenvalue weighted by Gasteiger charge is 2.16. The number of carbonyl (C=O) groups excluding carboxylic acids is 2. The maximum atomic E-state index is 12.3. The lowest BCUT2D eigenvalue weighted by molar-refractivity contribution is 0.0821. The molecule has 4 aromatic rings. The molecule has 3 aromatic heterocycles. The highest BCUT2D eigenvalue weighted by atomic mass is 35.5. The van der Waals surface area contributed by atoms with Crippen molar-refractivity contribution in [2.75, 3.05) is 19.4 Å². The van der Waals surface area contributed by atoms with Crippen LogP contribution in [0.15, 0.2) is 54.2 Å². The molecule has 0 atom stereocenters. The maximum absolute atomic E-state index is 12.3. The Morgan fingerprint density at radius 2 is 1.90 bits per heavy atom. The minimum atomic E-state index is -0.267. The molecule has 2 amide bonds. The Morgan fingerprint density at radius 3 is 2.55 bits per heavy atom. The number of nitrogens with one attached hydrogen (secondary N) is 1. The van der Waals surface area contributed by atoms with E-state index in [9.17, 15) is 9.59 Å². The maximum Gasteiger partial charge on any atom is 0.271 e. The number of hydrogen-bond donors (Lipinski definition) is 1. The topological polar surface area (TPSA) is 79.6 Å². The number of anilines is 1. The summed E-state index contributed by atoms with van der Waals surface area (Å²) in [5.74, 6) is -0.341. The van der Waals surface area contributed by atoms with E-state index in [-0.39, 0.29) is 11.8 Å². The Bertz CT molecular complexity index is 1200. The lowest BCUT2D eigenvalue weighted by Crippen LogP contribution is -2.22. The van der Waals surface area contributed by atoms with E-state index in [0.29, 0.717) is 22.1 Å². The summed E-state index contributed by atoms with van der Waals surface area (Å²) in [6.45, 7) is 0. The molecule has 4 rings (SSSR count). The van der Waals surface area contributed by atoms with E-state index in [1.54, 1.807) is 48.1 Å². The second-order valence-electron chi connectivity index (χ2n) is 6.50. The number of pyridine rings is 1. The van der Waals surface area contributed by atoms with Crippen LogP contribution < -0.4 is 5.32 Å². The molecule has 0 aliphatic heterocycles. The lowest BCUT2D eigenvalue weighted by atomic mass is 10.1. The summed E-state index contributed by atoms with van der Waals surface area (Å²) in [6.07, 6.45) is 3.27. The summed E-state index contributed by atoms with van der Waals surface area (Å²) in [6, 6.07) is 10.5. The summed E-state index contributed by atoms with van der Waals surface area (Å²) in [5, 5.41) is 4.96. The van der Waals surface area contributed by atoms with Gasteiger partial charge in [0.1, 0.15) is 10.8 Å². The summed E-state index contributed by atoms with van der Waals surface area (Å²) in [7, 11) is 3.44. The SMILES string of the molecule is CN(C)C(=O)c1csc2nc(-c3ccc(NC(=O)c4ccc(Cl)nc4)cc3)cn12. The highest BCUT2D eigenvalue weighted by molar-refractivity contribution is 7.15. The Balaban J connectivity index is 1.54. The Morgan fingerprint density at radius 1 is 1.14 bits per heavy atom. The predicted octanol–water partition coefficient (Wildman–Crippen LogP) is 4.07. The number of imidazole rings is 1. The molecule has 0 aliphatic carbocycles. The average Bonchev–Trinajstić information content (AvgIpc) is 3.29. The molecule has 0 unspecified atom stereocenters. The van der Waals surface area contributed by atoms with Gasteiger partial charge in [-0.05, 0) is 24.3 Å². The van der Waals surface area contributed by atoms with Crippen molar-refractivity contribution in [3.05, 3.63) is 70.6 Å². The summed E-state index contributed by atoms with van der Waals surface area (Å²) in [4.78, 5) is 35.3. The third-order valence-electron chi connectivity index (χ3n) is 4.26. The zero-order valence-electron chi connectivity index (χ0n) is 15.6. The van der Waals surface area contributed by atoms with Crippen LogP contribution in [0.3, 0.4) is 0 Å². The predicted molar refractivity (Wildman–Crippen MR) is 114 cm³/mol. The fourth-order valence-corrected chi connectivity index (χ4v) is 3.70. The number of halogens is 1. The van der Waals surface area contributed by atoms with Crippen LogP contribution in [0, 0.1) is 0 Å². The van der Waals surface area contributed by atoms with E-state index in [1.165, 1.54) is 22.4 Å². The minimum absolute atomic E-state index is 0.0741. The van der Waals surface area contributed by atoms with Crippen LogP contribution in [0.1, 0.15) is 20.8 Å². The molecule has 29 heavy (non-hydrogen) atoms. The first kappa shape index (κ1) is 19.1.